The third-order valence-corrected chi connectivity index (χ3v) is 4.06. The molecule has 0 saturated carbocycles. The molecule has 0 radical (unpaired) electrons. The molecular formula is C17H20N2O4. The van der Waals surface area contributed by atoms with Crippen LogP contribution in [0.2, 0.25) is 0 Å². The molecule has 3 rings (SSSR count). The van der Waals surface area contributed by atoms with Gasteiger partial charge in [0, 0.05) is 32.0 Å². The highest BCUT2D eigenvalue weighted by molar-refractivity contribution is 5.89. The highest BCUT2D eigenvalue weighted by Gasteiger charge is 2.33. The van der Waals surface area contributed by atoms with Gasteiger partial charge in [0.1, 0.15) is 11.3 Å². The fraction of sp³-hybridized carbons (Fsp3) is 0.412. The fourth-order valence-corrected chi connectivity index (χ4v) is 2.81. The number of benzene rings is 1. The van der Waals surface area contributed by atoms with E-state index in [1.165, 1.54) is 0 Å². The van der Waals surface area contributed by atoms with Crippen molar-refractivity contribution in [1.82, 2.24) is 10.2 Å². The second-order valence-electron chi connectivity index (χ2n) is 5.70. The molecule has 1 aliphatic heterocycles. The molecule has 1 N–H and O–H groups in total. The first kappa shape index (κ1) is 15.6. The minimum atomic E-state index is -0.302. The molecular weight excluding hydrogens is 296 g/mol. The van der Waals surface area contributed by atoms with Crippen molar-refractivity contribution in [1.29, 1.82) is 0 Å². The summed E-state index contributed by atoms with van der Waals surface area (Å²) in [6.45, 7) is 1.80. The average Bonchev–Trinajstić information content (AvgIpc) is 3.13. The van der Waals surface area contributed by atoms with Crippen LogP contribution in [0.5, 0.6) is 0 Å². The summed E-state index contributed by atoms with van der Waals surface area (Å²) in [5.41, 5.74) is 0.804. The van der Waals surface area contributed by atoms with Gasteiger partial charge in [0.25, 0.3) is 0 Å². The highest BCUT2D eigenvalue weighted by Crippen LogP contribution is 2.20. The van der Waals surface area contributed by atoms with Crippen LogP contribution >= 0.6 is 0 Å². The Morgan fingerprint density at radius 2 is 2.26 bits per heavy atom. The molecule has 6 nitrogen and oxygen atoms in total. The van der Waals surface area contributed by atoms with Crippen molar-refractivity contribution in [2.75, 3.05) is 26.8 Å². The van der Waals surface area contributed by atoms with Crippen LogP contribution in [0.3, 0.4) is 0 Å². The number of carbonyl (C=O) groups excluding carboxylic acids is 2. The van der Waals surface area contributed by atoms with Gasteiger partial charge in [-0.3, -0.25) is 9.59 Å². The van der Waals surface area contributed by atoms with E-state index in [0.29, 0.717) is 32.0 Å². The quantitative estimate of drug-likeness (QED) is 0.877. The summed E-state index contributed by atoms with van der Waals surface area (Å²) in [4.78, 5) is 25.8. The lowest BCUT2D eigenvalue weighted by Gasteiger charge is -2.15. The van der Waals surface area contributed by atoms with Crippen molar-refractivity contribution in [2.24, 2.45) is 5.92 Å². The molecule has 0 aliphatic carbocycles. The van der Waals surface area contributed by atoms with Gasteiger partial charge >= 0.3 is 0 Å². The zero-order chi connectivity index (χ0) is 16.2. The molecule has 23 heavy (non-hydrogen) atoms. The lowest BCUT2D eigenvalue weighted by molar-refractivity contribution is -0.129. The fourth-order valence-electron chi connectivity index (χ4n) is 2.81. The van der Waals surface area contributed by atoms with E-state index in [4.69, 9.17) is 9.15 Å². The highest BCUT2D eigenvalue weighted by atomic mass is 16.5. The number of amides is 2. The zero-order valence-electron chi connectivity index (χ0n) is 13.1. The number of nitrogens with one attached hydrogen (secondary N) is 1. The van der Waals surface area contributed by atoms with E-state index in [-0.39, 0.29) is 24.2 Å². The first-order valence-electron chi connectivity index (χ1n) is 7.69. The van der Waals surface area contributed by atoms with Gasteiger partial charge in [-0.1, -0.05) is 18.2 Å². The molecule has 1 atom stereocenters. The summed E-state index contributed by atoms with van der Waals surface area (Å²) in [5.74, 6) is 0.300. The Morgan fingerprint density at radius 3 is 3.04 bits per heavy atom. The molecule has 0 spiro atoms. The van der Waals surface area contributed by atoms with E-state index >= 15 is 0 Å². The third-order valence-electron chi connectivity index (χ3n) is 4.06. The maximum Gasteiger partial charge on any atom is 0.225 e. The number of nitrogens with zero attached hydrogens (tertiary/aromatic N) is 1. The number of methoxy groups -OCH3 is 1. The van der Waals surface area contributed by atoms with Crippen molar-refractivity contribution in [3.63, 3.8) is 0 Å². The molecule has 1 aromatic heterocycles. The van der Waals surface area contributed by atoms with E-state index in [1.807, 2.05) is 30.3 Å². The van der Waals surface area contributed by atoms with Gasteiger partial charge in [0.05, 0.1) is 19.1 Å². The maximum absolute atomic E-state index is 12.2. The average molecular weight is 316 g/mol. The Bertz CT molecular complexity index is 676. The molecule has 1 aromatic carbocycles. The van der Waals surface area contributed by atoms with Gasteiger partial charge in [-0.2, -0.15) is 0 Å². The number of carbonyl (C=O) groups is 2. The number of fused-ring (bicyclic) bond motifs is 1. The van der Waals surface area contributed by atoms with E-state index in [1.54, 1.807) is 12.0 Å². The minimum absolute atomic E-state index is 0.00550. The largest absolute Gasteiger partial charge is 0.459 e. The van der Waals surface area contributed by atoms with Crippen LogP contribution in [0.25, 0.3) is 11.0 Å². The van der Waals surface area contributed by atoms with Crippen molar-refractivity contribution >= 4 is 22.8 Å². The number of hydrogen-bond donors (Lipinski definition) is 1. The topological polar surface area (TPSA) is 71.8 Å². The van der Waals surface area contributed by atoms with Crippen LogP contribution in [-0.2, 0) is 20.9 Å². The molecule has 0 unspecified atom stereocenters. The summed E-state index contributed by atoms with van der Waals surface area (Å²) in [6.07, 6.45) is 0.260. The van der Waals surface area contributed by atoms with Gasteiger partial charge in [-0.05, 0) is 12.1 Å². The van der Waals surface area contributed by atoms with E-state index in [0.717, 1.165) is 11.0 Å². The Kier molecular flexibility index (Phi) is 4.62. The lowest BCUT2D eigenvalue weighted by Crippen LogP contribution is -2.33. The molecule has 2 amide bonds. The molecule has 6 heteroatoms. The molecule has 122 valence electrons. The molecule has 1 aliphatic rings. The SMILES string of the molecule is COCCN1C[C@@H](C(=O)NCc2cc3ccccc3o2)CC1=O. The van der Waals surface area contributed by atoms with Gasteiger partial charge in [-0.15, -0.1) is 0 Å². The van der Waals surface area contributed by atoms with Gasteiger partial charge in [-0.25, -0.2) is 0 Å². The number of furan rings is 1. The Morgan fingerprint density at radius 1 is 1.43 bits per heavy atom. The molecule has 1 saturated heterocycles. The lowest BCUT2D eigenvalue weighted by atomic mass is 10.1. The molecule has 2 aromatic rings. The second-order valence-corrected chi connectivity index (χ2v) is 5.70. The molecule has 1 fully saturated rings. The van der Waals surface area contributed by atoms with Gasteiger partial charge in [0.15, 0.2) is 0 Å². The monoisotopic (exact) mass is 316 g/mol. The number of rotatable bonds is 6. The summed E-state index contributed by atoms with van der Waals surface area (Å²) in [7, 11) is 1.60. The smallest absolute Gasteiger partial charge is 0.225 e. The van der Waals surface area contributed by atoms with E-state index in [9.17, 15) is 9.59 Å². The summed E-state index contributed by atoms with van der Waals surface area (Å²) in [6, 6.07) is 9.63. The number of ether oxygens (including phenoxy) is 1. The zero-order valence-corrected chi connectivity index (χ0v) is 13.1. The minimum Gasteiger partial charge on any atom is -0.459 e. The van der Waals surface area contributed by atoms with Gasteiger partial charge < -0.3 is 19.4 Å². The van der Waals surface area contributed by atoms with Crippen LogP contribution in [-0.4, -0.2) is 43.5 Å². The number of likely N-dealkylation sites (tertiary alicyclic amines) is 1. The maximum atomic E-state index is 12.2. The predicted molar refractivity (Wildman–Crippen MR) is 84.6 cm³/mol. The van der Waals surface area contributed by atoms with Crippen molar-refractivity contribution in [2.45, 2.75) is 13.0 Å². The van der Waals surface area contributed by atoms with E-state index < -0.39 is 0 Å². The van der Waals surface area contributed by atoms with Gasteiger partial charge in [0.2, 0.25) is 11.8 Å². The number of hydrogen-bond acceptors (Lipinski definition) is 4. The summed E-state index contributed by atoms with van der Waals surface area (Å²) in [5, 5.41) is 3.87. The van der Waals surface area contributed by atoms with Crippen LogP contribution < -0.4 is 5.32 Å². The van der Waals surface area contributed by atoms with Crippen LogP contribution in [0.4, 0.5) is 0 Å². The Hall–Kier alpha value is -2.34. The van der Waals surface area contributed by atoms with Crippen LogP contribution in [0.15, 0.2) is 34.7 Å². The number of para-hydroxylation sites is 1. The Balaban J connectivity index is 1.54. The third kappa shape index (κ3) is 3.53. The second kappa shape index (κ2) is 6.83. The summed E-state index contributed by atoms with van der Waals surface area (Å²) >= 11 is 0. The van der Waals surface area contributed by atoms with E-state index in [2.05, 4.69) is 5.32 Å². The normalized spacial score (nSPS) is 17.9. The first-order chi connectivity index (χ1) is 11.2. The standard InChI is InChI=1S/C17H20N2O4/c1-22-7-6-19-11-13(9-16(19)20)17(21)18-10-14-8-12-4-2-3-5-15(12)23-14/h2-5,8,13H,6-7,9-11H2,1H3,(H,18,21)/t13-/m0/s1. The van der Waals surface area contributed by atoms with Crippen molar-refractivity contribution in [3.8, 4) is 0 Å². The van der Waals surface area contributed by atoms with Crippen molar-refractivity contribution in [3.05, 3.63) is 36.1 Å². The first-order valence-corrected chi connectivity index (χ1v) is 7.69. The molecule has 2 heterocycles. The van der Waals surface area contributed by atoms with Crippen LogP contribution in [0.1, 0.15) is 12.2 Å². The summed E-state index contributed by atoms with van der Waals surface area (Å²) < 4.78 is 10.6. The predicted octanol–water partition coefficient (Wildman–Crippen LogP) is 1.54. The molecule has 0 bridgehead atoms. The Labute approximate surface area is 134 Å². The van der Waals surface area contributed by atoms with Crippen LogP contribution in [0, 0.1) is 5.92 Å². The van der Waals surface area contributed by atoms with Crippen molar-refractivity contribution < 1.29 is 18.7 Å².